The lowest BCUT2D eigenvalue weighted by atomic mass is 10.0. The fraction of sp³-hybridized carbons (Fsp3) is 0.0714. The summed E-state index contributed by atoms with van der Waals surface area (Å²) in [5, 5.41) is 13.0. The first-order valence-electron chi connectivity index (χ1n) is 5.23. The maximum atomic E-state index is 10.9. The molecule has 0 aliphatic heterocycles. The van der Waals surface area contributed by atoms with Gasteiger partial charge in [0.05, 0.1) is 6.42 Å². The Morgan fingerprint density at radius 1 is 0.875 bits per heavy atom. The highest BCUT2D eigenvalue weighted by Crippen LogP contribution is 2.05. The van der Waals surface area contributed by atoms with Crippen molar-refractivity contribution in [1.29, 1.82) is 0 Å². The molecule has 0 aromatic heterocycles. The van der Waals surface area contributed by atoms with E-state index in [9.17, 15) is 5.21 Å². The van der Waals surface area contributed by atoms with Crippen LogP contribution in [-0.2, 0) is 6.42 Å². The van der Waals surface area contributed by atoms with Gasteiger partial charge in [-0.3, -0.25) is 0 Å². The molecule has 2 nitrogen and oxygen atoms in total. The molecule has 16 heavy (non-hydrogen) atoms. The van der Waals surface area contributed by atoms with Crippen molar-refractivity contribution in [3.8, 4) is 0 Å². The van der Waals surface area contributed by atoms with Gasteiger partial charge < -0.3 is 5.21 Å². The number of rotatable bonds is 3. The lowest BCUT2D eigenvalue weighted by Crippen LogP contribution is -2.66. The molecule has 0 aliphatic carbocycles. The van der Waals surface area contributed by atoms with Crippen molar-refractivity contribution in [2.24, 2.45) is 0 Å². The van der Waals surface area contributed by atoms with Gasteiger partial charge in [-0.05, 0) is 17.7 Å². The van der Waals surface area contributed by atoms with Crippen LogP contribution in [0.1, 0.15) is 11.1 Å². The fourth-order valence-corrected chi connectivity index (χ4v) is 1.64. The van der Waals surface area contributed by atoms with Crippen LogP contribution in [-0.4, -0.2) is 5.71 Å². The highest BCUT2D eigenvalue weighted by molar-refractivity contribution is 5.97. The third kappa shape index (κ3) is 2.48. The Kier molecular flexibility index (Phi) is 3.34. The molecular formula is C14H13NO. The SMILES string of the molecule is [O-][NH+]=C(Cc1ccccc1)c1ccccc1. The number of nitrogens with one attached hydrogen (secondary N) is 1. The van der Waals surface area contributed by atoms with Crippen LogP contribution in [0.4, 0.5) is 0 Å². The van der Waals surface area contributed by atoms with Gasteiger partial charge in [-0.15, -0.1) is 0 Å². The summed E-state index contributed by atoms with van der Waals surface area (Å²) in [6.45, 7) is 0. The Hall–Kier alpha value is -2.09. The van der Waals surface area contributed by atoms with Crippen molar-refractivity contribution >= 4 is 5.71 Å². The molecule has 1 N–H and O–H groups in total. The van der Waals surface area contributed by atoms with Crippen LogP contribution in [0.15, 0.2) is 60.7 Å². The number of hydrogen-bond acceptors (Lipinski definition) is 1. The second-order valence-corrected chi connectivity index (χ2v) is 3.61. The zero-order valence-corrected chi connectivity index (χ0v) is 8.89. The van der Waals surface area contributed by atoms with E-state index in [0.717, 1.165) is 11.1 Å². The van der Waals surface area contributed by atoms with E-state index in [1.54, 1.807) is 0 Å². The second kappa shape index (κ2) is 5.12. The van der Waals surface area contributed by atoms with Crippen molar-refractivity contribution in [2.75, 3.05) is 0 Å². The second-order valence-electron chi connectivity index (χ2n) is 3.61. The van der Waals surface area contributed by atoms with Crippen LogP contribution in [0.25, 0.3) is 0 Å². The summed E-state index contributed by atoms with van der Waals surface area (Å²) >= 11 is 0. The molecule has 0 bridgehead atoms. The van der Waals surface area contributed by atoms with Crippen LogP contribution in [0, 0.1) is 5.21 Å². The van der Waals surface area contributed by atoms with Crippen molar-refractivity contribution < 1.29 is 5.16 Å². The average molecular weight is 211 g/mol. The zero-order valence-electron chi connectivity index (χ0n) is 8.89. The summed E-state index contributed by atoms with van der Waals surface area (Å²) in [6, 6.07) is 19.6. The summed E-state index contributed by atoms with van der Waals surface area (Å²) in [7, 11) is 0. The number of benzene rings is 2. The van der Waals surface area contributed by atoms with E-state index in [4.69, 9.17) is 0 Å². The van der Waals surface area contributed by atoms with Gasteiger partial charge in [0.2, 0.25) is 0 Å². The molecule has 0 atom stereocenters. The van der Waals surface area contributed by atoms with Gasteiger partial charge in [-0.1, -0.05) is 48.5 Å². The minimum atomic E-state index is 0.633. The monoisotopic (exact) mass is 211 g/mol. The molecule has 0 saturated heterocycles. The van der Waals surface area contributed by atoms with E-state index in [0.29, 0.717) is 12.1 Å². The van der Waals surface area contributed by atoms with Gasteiger partial charge in [0.15, 0.2) is 5.71 Å². The standard InChI is InChI=1S/C14H13NO/c16-15-14(13-9-5-2-6-10-13)11-12-7-3-1-4-8-12/h1-10,15H,11H2. The first kappa shape index (κ1) is 10.4. The van der Waals surface area contributed by atoms with Crippen molar-refractivity contribution in [3.63, 3.8) is 0 Å². The zero-order chi connectivity index (χ0) is 11.2. The predicted molar refractivity (Wildman–Crippen MR) is 65.0 cm³/mol. The predicted octanol–water partition coefficient (Wildman–Crippen LogP) is 1.30. The van der Waals surface area contributed by atoms with Crippen LogP contribution in [0.3, 0.4) is 0 Å². The normalized spacial score (nSPS) is 11.4. The lowest BCUT2D eigenvalue weighted by Gasteiger charge is -2.02. The minimum Gasteiger partial charge on any atom is -0.625 e. The maximum Gasteiger partial charge on any atom is 0.196 e. The Bertz CT molecular complexity index is 463. The molecule has 2 aromatic rings. The molecule has 0 radical (unpaired) electrons. The van der Waals surface area contributed by atoms with E-state index in [1.165, 1.54) is 0 Å². The van der Waals surface area contributed by atoms with Crippen molar-refractivity contribution in [3.05, 3.63) is 77.0 Å². The smallest absolute Gasteiger partial charge is 0.196 e. The lowest BCUT2D eigenvalue weighted by molar-refractivity contribution is -0.373. The molecule has 0 spiro atoms. The van der Waals surface area contributed by atoms with Gasteiger partial charge in [-0.25, -0.2) is 5.16 Å². The quantitative estimate of drug-likeness (QED) is 0.463. The molecule has 0 saturated carbocycles. The Morgan fingerprint density at radius 2 is 1.44 bits per heavy atom. The third-order valence-corrected chi connectivity index (χ3v) is 2.47. The van der Waals surface area contributed by atoms with Gasteiger partial charge in [0, 0.05) is 5.56 Å². The molecular weight excluding hydrogens is 198 g/mol. The van der Waals surface area contributed by atoms with E-state index in [2.05, 4.69) is 0 Å². The summed E-state index contributed by atoms with van der Waals surface area (Å²) < 4.78 is 0. The van der Waals surface area contributed by atoms with Gasteiger partial charge in [-0.2, -0.15) is 0 Å². The summed E-state index contributed by atoms with van der Waals surface area (Å²) in [5.74, 6) is 0. The highest BCUT2D eigenvalue weighted by Gasteiger charge is 2.08. The molecule has 0 unspecified atom stereocenters. The molecule has 0 fully saturated rings. The largest absolute Gasteiger partial charge is 0.625 e. The van der Waals surface area contributed by atoms with Gasteiger partial charge in [0.1, 0.15) is 0 Å². The Labute approximate surface area is 94.9 Å². The van der Waals surface area contributed by atoms with E-state index in [1.807, 2.05) is 65.8 Å². The minimum absolute atomic E-state index is 0.633. The van der Waals surface area contributed by atoms with Crippen molar-refractivity contribution in [2.45, 2.75) is 6.42 Å². The Morgan fingerprint density at radius 3 is 2.00 bits per heavy atom. The van der Waals surface area contributed by atoms with Crippen LogP contribution < -0.4 is 5.16 Å². The molecule has 2 rings (SSSR count). The molecule has 0 heterocycles. The molecule has 0 amide bonds. The fourth-order valence-electron chi connectivity index (χ4n) is 1.64. The first-order valence-corrected chi connectivity index (χ1v) is 5.23. The molecule has 0 aliphatic rings. The van der Waals surface area contributed by atoms with Crippen molar-refractivity contribution in [1.82, 2.24) is 0 Å². The Balaban J connectivity index is 2.20. The topological polar surface area (TPSA) is 37.0 Å². The van der Waals surface area contributed by atoms with Gasteiger partial charge >= 0.3 is 0 Å². The van der Waals surface area contributed by atoms with Crippen LogP contribution >= 0.6 is 0 Å². The van der Waals surface area contributed by atoms with Crippen LogP contribution in [0.5, 0.6) is 0 Å². The van der Waals surface area contributed by atoms with E-state index < -0.39 is 0 Å². The third-order valence-electron chi connectivity index (χ3n) is 2.47. The maximum absolute atomic E-state index is 10.9. The van der Waals surface area contributed by atoms with Crippen LogP contribution in [0.2, 0.25) is 0 Å². The highest BCUT2D eigenvalue weighted by atomic mass is 16.4. The summed E-state index contributed by atoms with van der Waals surface area (Å²) in [6.07, 6.45) is 0.633. The van der Waals surface area contributed by atoms with Gasteiger partial charge in [0.25, 0.3) is 0 Å². The molecule has 2 heteroatoms. The van der Waals surface area contributed by atoms with E-state index in [-0.39, 0.29) is 0 Å². The summed E-state index contributed by atoms with van der Waals surface area (Å²) in [4.78, 5) is 0. The average Bonchev–Trinajstić information content (AvgIpc) is 2.38. The van der Waals surface area contributed by atoms with E-state index >= 15 is 0 Å². The molecule has 80 valence electrons. The first-order chi connectivity index (χ1) is 7.90. The molecule has 2 aromatic carbocycles. The summed E-state index contributed by atoms with van der Waals surface area (Å²) in [5.41, 5.74) is 2.78. The number of hydrogen-bond donors (Lipinski definition) is 1.